The third-order valence-corrected chi connectivity index (χ3v) is 5.54. The fourth-order valence-electron chi connectivity index (χ4n) is 3.93. The topological polar surface area (TPSA) is 49.6 Å². The number of hydrogen-bond acceptors (Lipinski definition) is 3. The Morgan fingerprint density at radius 3 is 2.57 bits per heavy atom. The molecule has 1 saturated heterocycles. The van der Waals surface area contributed by atoms with Gasteiger partial charge in [-0.1, -0.05) is 19.8 Å². The van der Waals surface area contributed by atoms with Crippen molar-refractivity contribution in [3.05, 3.63) is 0 Å². The summed E-state index contributed by atoms with van der Waals surface area (Å²) in [7, 11) is 2.00. The molecule has 4 nitrogen and oxygen atoms in total. The summed E-state index contributed by atoms with van der Waals surface area (Å²) in [5.74, 6) is 1.01. The van der Waals surface area contributed by atoms with E-state index in [-0.39, 0.29) is 0 Å². The maximum atomic E-state index is 12.4. The molecule has 0 spiro atoms. The maximum absolute atomic E-state index is 12.4. The molecule has 122 valence electrons. The van der Waals surface area contributed by atoms with Gasteiger partial charge in [-0.25, -0.2) is 0 Å². The van der Waals surface area contributed by atoms with Gasteiger partial charge in [-0.05, 0) is 44.6 Å². The number of nitrogens with two attached hydrogens (primary N) is 1. The summed E-state index contributed by atoms with van der Waals surface area (Å²) in [5.41, 5.74) is 6.03. The van der Waals surface area contributed by atoms with Crippen molar-refractivity contribution in [2.24, 2.45) is 11.7 Å². The first-order chi connectivity index (χ1) is 10.1. The summed E-state index contributed by atoms with van der Waals surface area (Å²) in [6.45, 7) is 5.61. The molecule has 1 heterocycles. The molecule has 21 heavy (non-hydrogen) atoms. The van der Waals surface area contributed by atoms with Crippen LogP contribution in [0.15, 0.2) is 0 Å². The van der Waals surface area contributed by atoms with Crippen LogP contribution in [0, 0.1) is 5.92 Å². The highest BCUT2D eigenvalue weighted by Crippen LogP contribution is 2.27. The Balaban J connectivity index is 1.70. The van der Waals surface area contributed by atoms with Crippen LogP contribution < -0.4 is 5.73 Å². The van der Waals surface area contributed by atoms with Gasteiger partial charge < -0.3 is 15.5 Å². The van der Waals surface area contributed by atoms with Gasteiger partial charge in [-0.3, -0.25) is 4.79 Å². The Morgan fingerprint density at radius 2 is 1.95 bits per heavy atom. The van der Waals surface area contributed by atoms with Crippen molar-refractivity contribution in [1.29, 1.82) is 0 Å². The van der Waals surface area contributed by atoms with Crippen molar-refractivity contribution >= 4 is 5.91 Å². The van der Waals surface area contributed by atoms with Gasteiger partial charge in [0.1, 0.15) is 0 Å². The number of nitrogens with zero attached hydrogens (tertiary/aromatic N) is 2. The molecule has 0 radical (unpaired) electrons. The van der Waals surface area contributed by atoms with Gasteiger partial charge in [0, 0.05) is 38.6 Å². The van der Waals surface area contributed by atoms with E-state index in [0.717, 1.165) is 45.3 Å². The fraction of sp³-hybridized carbons (Fsp3) is 0.941. The highest BCUT2D eigenvalue weighted by molar-refractivity contribution is 5.76. The number of hydrogen-bond donors (Lipinski definition) is 1. The molecule has 2 rings (SSSR count). The van der Waals surface area contributed by atoms with Crippen molar-refractivity contribution in [2.45, 2.75) is 70.4 Å². The van der Waals surface area contributed by atoms with Gasteiger partial charge in [0.05, 0.1) is 0 Å². The van der Waals surface area contributed by atoms with Crippen molar-refractivity contribution < 1.29 is 4.79 Å². The number of piperidine rings is 1. The Kier molecular flexibility index (Phi) is 6.49. The summed E-state index contributed by atoms with van der Waals surface area (Å²) in [5, 5.41) is 0. The third-order valence-electron chi connectivity index (χ3n) is 5.54. The van der Waals surface area contributed by atoms with Gasteiger partial charge >= 0.3 is 0 Å². The van der Waals surface area contributed by atoms with Crippen LogP contribution in [0.2, 0.25) is 0 Å². The summed E-state index contributed by atoms with van der Waals surface area (Å²) < 4.78 is 0. The molecule has 2 fully saturated rings. The van der Waals surface area contributed by atoms with Crippen molar-refractivity contribution in [2.75, 3.05) is 26.7 Å². The molecule has 0 bridgehead atoms. The molecule has 1 amide bonds. The van der Waals surface area contributed by atoms with Crippen molar-refractivity contribution in [3.8, 4) is 0 Å². The molecule has 0 aromatic carbocycles. The van der Waals surface area contributed by atoms with E-state index in [4.69, 9.17) is 5.73 Å². The van der Waals surface area contributed by atoms with Crippen LogP contribution in [-0.2, 0) is 4.79 Å². The maximum Gasteiger partial charge on any atom is 0.222 e. The minimum atomic E-state index is 0.337. The summed E-state index contributed by atoms with van der Waals surface area (Å²) in [6.07, 6.45) is 8.79. The second-order valence-electron chi connectivity index (χ2n) is 7.00. The zero-order valence-electron chi connectivity index (χ0n) is 13.9. The SMILES string of the molecule is CCN1CCC(N(C)C(=O)CCC2CCCC(N)C2)CC1. The van der Waals surface area contributed by atoms with E-state index in [2.05, 4.69) is 11.8 Å². The fourth-order valence-corrected chi connectivity index (χ4v) is 3.93. The van der Waals surface area contributed by atoms with E-state index in [1.807, 2.05) is 11.9 Å². The molecule has 0 aromatic heterocycles. The molecule has 1 saturated carbocycles. The van der Waals surface area contributed by atoms with Gasteiger partial charge in [-0.2, -0.15) is 0 Å². The van der Waals surface area contributed by atoms with Crippen LogP contribution in [0.1, 0.15) is 58.3 Å². The average molecular weight is 295 g/mol. The lowest BCUT2D eigenvalue weighted by Crippen LogP contribution is -2.45. The second kappa shape index (κ2) is 8.14. The number of rotatable bonds is 5. The largest absolute Gasteiger partial charge is 0.343 e. The van der Waals surface area contributed by atoms with Crippen LogP contribution in [-0.4, -0.2) is 54.5 Å². The summed E-state index contributed by atoms with van der Waals surface area (Å²) in [4.78, 5) is 16.9. The lowest BCUT2D eigenvalue weighted by atomic mass is 9.83. The standard InChI is InChI=1S/C17H33N3O/c1-3-20-11-9-16(10-12-20)19(2)17(21)8-7-14-5-4-6-15(18)13-14/h14-16H,3-13,18H2,1-2H3. The quantitative estimate of drug-likeness (QED) is 0.846. The molecule has 1 aliphatic carbocycles. The molecule has 2 N–H and O–H groups in total. The predicted octanol–water partition coefficient (Wildman–Crippen LogP) is 2.23. The van der Waals surface area contributed by atoms with Gasteiger partial charge in [0.15, 0.2) is 0 Å². The number of likely N-dealkylation sites (tertiary alicyclic amines) is 1. The van der Waals surface area contributed by atoms with Gasteiger partial charge in [0.2, 0.25) is 5.91 Å². The lowest BCUT2D eigenvalue weighted by molar-refractivity contribution is -0.133. The molecule has 2 aliphatic rings. The molecular weight excluding hydrogens is 262 g/mol. The third kappa shape index (κ3) is 4.96. The van der Waals surface area contributed by atoms with E-state index >= 15 is 0 Å². The van der Waals surface area contributed by atoms with Crippen LogP contribution in [0.5, 0.6) is 0 Å². The van der Waals surface area contributed by atoms with Crippen molar-refractivity contribution in [1.82, 2.24) is 9.80 Å². The zero-order valence-corrected chi connectivity index (χ0v) is 13.9. The van der Waals surface area contributed by atoms with Crippen LogP contribution >= 0.6 is 0 Å². The van der Waals surface area contributed by atoms with Gasteiger partial charge in [-0.15, -0.1) is 0 Å². The van der Waals surface area contributed by atoms with E-state index in [9.17, 15) is 4.79 Å². The van der Waals surface area contributed by atoms with Gasteiger partial charge in [0.25, 0.3) is 0 Å². The summed E-state index contributed by atoms with van der Waals surface area (Å²) in [6, 6.07) is 0.823. The highest BCUT2D eigenvalue weighted by atomic mass is 16.2. The van der Waals surface area contributed by atoms with Crippen LogP contribution in [0.25, 0.3) is 0 Å². The molecular formula is C17H33N3O. The Morgan fingerprint density at radius 1 is 1.24 bits per heavy atom. The smallest absolute Gasteiger partial charge is 0.222 e. The predicted molar refractivity (Wildman–Crippen MR) is 87.1 cm³/mol. The molecule has 2 atom stereocenters. The first-order valence-corrected chi connectivity index (χ1v) is 8.83. The minimum Gasteiger partial charge on any atom is -0.343 e. The molecule has 4 heteroatoms. The molecule has 1 aliphatic heterocycles. The molecule has 2 unspecified atom stereocenters. The van der Waals surface area contributed by atoms with E-state index in [0.29, 0.717) is 30.3 Å². The highest BCUT2D eigenvalue weighted by Gasteiger charge is 2.26. The Hall–Kier alpha value is -0.610. The van der Waals surface area contributed by atoms with Crippen LogP contribution in [0.4, 0.5) is 0 Å². The number of carbonyl (C=O) groups excluding carboxylic acids is 1. The van der Waals surface area contributed by atoms with E-state index < -0.39 is 0 Å². The number of carbonyl (C=O) groups is 1. The first-order valence-electron chi connectivity index (χ1n) is 8.83. The monoisotopic (exact) mass is 295 g/mol. The second-order valence-corrected chi connectivity index (χ2v) is 7.00. The average Bonchev–Trinajstić information content (AvgIpc) is 2.52. The summed E-state index contributed by atoms with van der Waals surface area (Å²) >= 11 is 0. The number of amides is 1. The van der Waals surface area contributed by atoms with Crippen molar-refractivity contribution in [3.63, 3.8) is 0 Å². The zero-order chi connectivity index (χ0) is 15.2. The normalized spacial score (nSPS) is 28.5. The molecule has 0 aromatic rings. The minimum absolute atomic E-state index is 0.337. The lowest BCUT2D eigenvalue weighted by Gasteiger charge is -2.36. The van der Waals surface area contributed by atoms with E-state index in [1.54, 1.807) is 0 Å². The first kappa shape index (κ1) is 16.8. The van der Waals surface area contributed by atoms with E-state index in [1.165, 1.54) is 19.3 Å². The van der Waals surface area contributed by atoms with Crippen LogP contribution in [0.3, 0.4) is 0 Å². The Labute approximate surface area is 130 Å². The Bertz CT molecular complexity index is 326.